The average molecular weight is 1370 g/mol. The van der Waals surface area contributed by atoms with Crippen molar-refractivity contribution in [1.29, 1.82) is 0 Å². The van der Waals surface area contributed by atoms with Gasteiger partial charge >= 0.3 is 11.9 Å². The number of hydrogen-bond acceptors (Lipinski definition) is 8. The third-order valence-corrected chi connectivity index (χ3v) is 19.9. The normalized spacial score (nSPS) is 12.7. The summed E-state index contributed by atoms with van der Waals surface area (Å²) in [6.45, 7) is 4.82. The fourth-order valence-corrected chi connectivity index (χ4v) is 13.3. The Bertz CT molecular complexity index is 1690. The highest BCUT2D eigenvalue weighted by molar-refractivity contribution is 5.70. The Balaban J connectivity index is 3.91. The maximum Gasteiger partial charge on any atom is 0.306 e. The third kappa shape index (κ3) is 80.7. The first kappa shape index (κ1) is 94.5. The van der Waals surface area contributed by atoms with Crippen LogP contribution in [0.25, 0.3) is 0 Å². The molecule has 0 aromatic heterocycles. The van der Waals surface area contributed by atoms with Crippen molar-refractivity contribution in [3.05, 3.63) is 36.5 Å². The summed E-state index contributed by atoms with van der Waals surface area (Å²) in [7, 11) is 5.96. The number of nitrogens with zero attached hydrogens (tertiary/aromatic N) is 1. The molecule has 97 heavy (non-hydrogen) atoms. The molecule has 0 heterocycles. The predicted octanol–water partition coefficient (Wildman–Crippen LogP) is 26.5. The van der Waals surface area contributed by atoms with Crippen molar-refractivity contribution in [2.24, 2.45) is 0 Å². The summed E-state index contributed by atoms with van der Waals surface area (Å²) in [5.74, 6) is -2.24. The van der Waals surface area contributed by atoms with Crippen LogP contribution in [0.1, 0.15) is 450 Å². The van der Waals surface area contributed by atoms with E-state index in [1.807, 2.05) is 21.1 Å². The van der Waals surface area contributed by atoms with Gasteiger partial charge in [0.25, 0.3) is 0 Å². The molecule has 9 heteroatoms. The second-order valence-corrected chi connectivity index (χ2v) is 30.8. The number of carboxylic acid groups (broad SMARTS) is 1. The van der Waals surface area contributed by atoms with Crippen LogP contribution in [0.5, 0.6) is 0 Å². The van der Waals surface area contributed by atoms with E-state index in [1.54, 1.807) is 0 Å². The molecule has 2 atom stereocenters. The number of likely N-dealkylation sites (N-methyl/N-ethyl adjacent to an activating group) is 1. The van der Waals surface area contributed by atoms with Gasteiger partial charge in [-0.15, -0.1) is 0 Å². The Kier molecular flexibility index (Phi) is 77.2. The number of carbonyl (C=O) groups is 3. The maximum atomic E-state index is 13.0. The predicted molar refractivity (Wildman–Crippen MR) is 417 cm³/mol. The number of aliphatic carboxylic acids is 1. The summed E-state index contributed by atoms with van der Waals surface area (Å²) in [4.78, 5) is 37.6. The lowest BCUT2D eigenvalue weighted by molar-refractivity contribution is -0.870. The highest BCUT2D eigenvalue weighted by Crippen LogP contribution is 2.21. The highest BCUT2D eigenvalue weighted by Gasteiger charge is 2.22. The van der Waals surface area contributed by atoms with Gasteiger partial charge in [-0.25, -0.2) is 0 Å². The Morgan fingerprint density at radius 1 is 0.309 bits per heavy atom. The van der Waals surface area contributed by atoms with Crippen LogP contribution in [-0.4, -0.2) is 82.3 Å². The lowest BCUT2D eigenvalue weighted by Gasteiger charge is -2.26. The molecule has 0 spiro atoms. The van der Waals surface area contributed by atoms with Crippen molar-refractivity contribution in [3.63, 3.8) is 0 Å². The fourth-order valence-electron chi connectivity index (χ4n) is 13.3. The molecular weight excluding hydrogens is 1200 g/mol. The molecule has 0 rings (SSSR count). The molecule has 2 unspecified atom stereocenters. The minimum atomic E-state index is -1.62. The zero-order valence-electron chi connectivity index (χ0n) is 65.7. The molecule has 572 valence electrons. The minimum Gasteiger partial charge on any atom is -0.545 e. The van der Waals surface area contributed by atoms with Crippen molar-refractivity contribution in [1.82, 2.24) is 0 Å². The van der Waals surface area contributed by atoms with Gasteiger partial charge in [-0.3, -0.25) is 9.59 Å². The number of ether oxygens (including phenoxy) is 4. The van der Waals surface area contributed by atoms with Crippen LogP contribution in [0, 0.1) is 0 Å². The Hall–Kier alpha value is -2.49. The Labute approximate surface area is 604 Å². The number of allylic oxidation sites excluding steroid dienone is 6. The topological polar surface area (TPSA) is 111 Å². The Morgan fingerprint density at radius 3 is 0.825 bits per heavy atom. The molecular formula is C88H167NO8. The molecule has 0 aromatic carbocycles. The van der Waals surface area contributed by atoms with E-state index in [0.29, 0.717) is 17.4 Å². The van der Waals surface area contributed by atoms with E-state index in [9.17, 15) is 19.5 Å². The number of hydrogen-bond donors (Lipinski definition) is 0. The largest absolute Gasteiger partial charge is 0.545 e. The minimum absolute atomic E-state index is 0.152. The number of rotatable bonds is 82. The van der Waals surface area contributed by atoms with Crippen LogP contribution in [-0.2, 0) is 33.3 Å². The van der Waals surface area contributed by atoms with E-state index < -0.39 is 24.3 Å². The lowest BCUT2D eigenvalue weighted by atomic mass is 10.0. The van der Waals surface area contributed by atoms with Gasteiger partial charge in [0.15, 0.2) is 12.4 Å². The Morgan fingerprint density at radius 2 is 0.557 bits per heavy atom. The first-order valence-corrected chi connectivity index (χ1v) is 43.1. The fraction of sp³-hybridized carbons (Fsp3) is 0.898. The summed E-state index contributed by atoms with van der Waals surface area (Å²) in [5.41, 5.74) is 0. The molecule has 9 nitrogen and oxygen atoms in total. The first-order chi connectivity index (χ1) is 47.6. The van der Waals surface area contributed by atoms with Crippen LogP contribution in [0.4, 0.5) is 0 Å². The standard InChI is InChI=1S/C88H167NO8/c1-6-8-10-12-14-16-18-20-22-24-26-28-30-32-34-36-38-39-40-41-42-43-44-45-46-47-49-51-53-55-57-59-61-63-65-67-69-71-73-75-77-79-86(91)97-84(83-96-88(87(92)93)94-81-80-89(3,4)5)82-95-85(90)78-76-74-72-70-68-66-64-62-60-58-56-54-52-50-48-37-35-33-31-29-27-25-23-21-19-17-15-13-11-9-7-2/h18,20,24-27,84,88H,6-17,19,21-23,28-83H2,1-5H3/b20-18-,26-24-,27-25-. The van der Waals surface area contributed by atoms with Crippen molar-refractivity contribution in [3.8, 4) is 0 Å². The number of quaternary nitrogens is 1. The van der Waals surface area contributed by atoms with Crippen LogP contribution >= 0.6 is 0 Å². The number of carboxylic acids is 1. The molecule has 0 aliphatic carbocycles. The van der Waals surface area contributed by atoms with Crippen LogP contribution in [0.2, 0.25) is 0 Å². The van der Waals surface area contributed by atoms with Gasteiger partial charge in [-0.1, -0.05) is 403 Å². The van der Waals surface area contributed by atoms with E-state index in [0.717, 1.165) is 44.9 Å². The average Bonchev–Trinajstić information content (AvgIpc) is 3.27. The van der Waals surface area contributed by atoms with E-state index in [1.165, 1.54) is 379 Å². The summed E-state index contributed by atoms with van der Waals surface area (Å²) < 4.78 is 22.9. The third-order valence-electron chi connectivity index (χ3n) is 19.9. The van der Waals surface area contributed by atoms with Gasteiger partial charge in [0.1, 0.15) is 13.2 Å². The first-order valence-electron chi connectivity index (χ1n) is 43.1. The van der Waals surface area contributed by atoms with E-state index in [2.05, 4.69) is 50.3 Å². The van der Waals surface area contributed by atoms with Crippen molar-refractivity contribution in [2.75, 3.05) is 47.5 Å². The second-order valence-electron chi connectivity index (χ2n) is 30.8. The van der Waals surface area contributed by atoms with Crippen LogP contribution in [0.3, 0.4) is 0 Å². The summed E-state index contributed by atoms with van der Waals surface area (Å²) in [6, 6.07) is 0. The highest BCUT2D eigenvalue weighted by atomic mass is 16.7. The van der Waals surface area contributed by atoms with Gasteiger partial charge in [0, 0.05) is 12.8 Å². The summed E-state index contributed by atoms with van der Waals surface area (Å²) >= 11 is 0. The number of unbranched alkanes of at least 4 members (excludes halogenated alkanes) is 61. The molecule has 0 saturated heterocycles. The monoisotopic (exact) mass is 1370 g/mol. The molecule has 0 aliphatic rings. The number of esters is 2. The van der Waals surface area contributed by atoms with E-state index in [4.69, 9.17) is 18.9 Å². The van der Waals surface area contributed by atoms with Gasteiger partial charge in [-0.05, 0) is 70.6 Å². The van der Waals surface area contributed by atoms with Crippen molar-refractivity contribution >= 4 is 17.9 Å². The van der Waals surface area contributed by atoms with Crippen LogP contribution < -0.4 is 5.11 Å². The summed E-state index contributed by atoms with van der Waals surface area (Å²) in [6.07, 6.45) is 100. The van der Waals surface area contributed by atoms with E-state index in [-0.39, 0.29) is 32.2 Å². The van der Waals surface area contributed by atoms with Crippen LogP contribution in [0.15, 0.2) is 36.5 Å². The molecule has 0 N–H and O–H groups in total. The molecule has 0 aromatic rings. The van der Waals surface area contributed by atoms with Gasteiger partial charge in [0.2, 0.25) is 0 Å². The van der Waals surface area contributed by atoms with E-state index >= 15 is 0 Å². The van der Waals surface area contributed by atoms with Crippen molar-refractivity contribution in [2.45, 2.75) is 463 Å². The van der Waals surface area contributed by atoms with Crippen molar-refractivity contribution < 1.29 is 42.9 Å². The SMILES string of the molecule is CCCCCCC/C=C\C/C=C\CCCCCCCCCCCCCCCCCCCCCCCCCCCCCCCC(=O)OC(COC(=O)CCCCCCCCCCCCCCCCCCCCC/C=C\CCCCCCCCCC)COC(OCC[N+](C)(C)C)C(=O)[O-]. The zero-order valence-corrected chi connectivity index (χ0v) is 65.7. The zero-order chi connectivity index (χ0) is 70.4. The van der Waals surface area contributed by atoms with Gasteiger partial charge in [-0.2, -0.15) is 0 Å². The maximum absolute atomic E-state index is 13.0. The smallest absolute Gasteiger partial charge is 0.306 e. The second kappa shape index (κ2) is 79.2. The summed E-state index contributed by atoms with van der Waals surface area (Å²) in [5, 5.41) is 11.9. The molecule has 0 radical (unpaired) electrons. The van der Waals surface area contributed by atoms with Gasteiger partial charge in [0.05, 0.1) is 40.3 Å². The molecule has 0 amide bonds. The number of carbonyl (C=O) groups excluding carboxylic acids is 3. The molecule has 0 bridgehead atoms. The molecule has 0 aliphatic heterocycles. The quantitative estimate of drug-likeness (QED) is 0.0195. The molecule has 0 fully saturated rings. The van der Waals surface area contributed by atoms with Gasteiger partial charge < -0.3 is 33.3 Å². The molecule has 0 saturated carbocycles. The lowest BCUT2D eigenvalue weighted by Crippen LogP contribution is -2.44.